The van der Waals surface area contributed by atoms with E-state index >= 15 is 0 Å². The lowest BCUT2D eigenvalue weighted by atomic mass is 10.1. The number of aromatic nitrogens is 1. The number of hydrogen-bond donors (Lipinski definition) is 1. The maximum absolute atomic E-state index is 10.5. The molecule has 1 aromatic heterocycles. The highest BCUT2D eigenvalue weighted by molar-refractivity contribution is 5.75. The molecule has 0 aromatic carbocycles. The van der Waals surface area contributed by atoms with Crippen LogP contribution in [-0.4, -0.2) is 17.3 Å². The van der Waals surface area contributed by atoms with Gasteiger partial charge in [-0.2, -0.15) is 0 Å². The highest BCUT2D eigenvalue weighted by atomic mass is 16.1. The zero-order valence-electron chi connectivity index (χ0n) is 6.87. The predicted octanol–water partition coefficient (Wildman–Crippen LogP) is 0.0195. The van der Waals surface area contributed by atoms with E-state index in [4.69, 9.17) is 0 Å². The first kappa shape index (κ1) is 7.28. The topological polar surface area (TPSA) is 45.2 Å². The smallest absolute Gasteiger partial charge is 0.152 e. The number of nitrogens with one attached hydrogen (secondary N) is 1. The molecule has 0 spiro atoms. The number of aromatic amines is 1. The number of H-pyrrole nitrogens is 1. The van der Waals surface area contributed by atoms with Crippen molar-refractivity contribution < 1.29 is 4.79 Å². The van der Waals surface area contributed by atoms with Crippen molar-refractivity contribution in [3.8, 4) is 0 Å². The molecule has 12 heavy (non-hydrogen) atoms. The largest absolute Gasteiger partial charge is 0.346 e. The molecule has 1 aliphatic heterocycles. The van der Waals surface area contributed by atoms with Gasteiger partial charge in [0, 0.05) is 17.0 Å². The van der Waals surface area contributed by atoms with E-state index in [0.29, 0.717) is 11.6 Å². The molecule has 1 unspecified atom stereocenters. The van der Waals surface area contributed by atoms with Crippen LogP contribution in [0.1, 0.15) is 23.7 Å². The Morgan fingerprint density at radius 2 is 2.58 bits per heavy atom. The molecule has 0 aliphatic carbocycles. The molecule has 3 nitrogen and oxygen atoms in total. The summed E-state index contributed by atoms with van der Waals surface area (Å²) in [6.07, 6.45) is 5.55. The van der Waals surface area contributed by atoms with Crippen LogP contribution in [0, 0.1) is 0 Å². The Bertz CT molecular complexity index is 416. The number of carbonyl (C=O) groups is 1. The SMILES string of the molecule is CC1CC=c2c(C=O)c[nH]c2=N1. The quantitative estimate of drug-likeness (QED) is 0.581. The number of aldehydes is 1. The van der Waals surface area contributed by atoms with E-state index in [1.165, 1.54) is 0 Å². The summed E-state index contributed by atoms with van der Waals surface area (Å²) in [5, 5.41) is 0.961. The van der Waals surface area contributed by atoms with E-state index in [-0.39, 0.29) is 0 Å². The third-order valence-corrected chi connectivity index (χ3v) is 2.07. The summed E-state index contributed by atoms with van der Waals surface area (Å²) >= 11 is 0. The summed E-state index contributed by atoms with van der Waals surface area (Å²) in [4.78, 5) is 17.9. The lowest BCUT2D eigenvalue weighted by Gasteiger charge is -2.03. The monoisotopic (exact) mass is 162 g/mol. The van der Waals surface area contributed by atoms with Crippen molar-refractivity contribution in [3.05, 3.63) is 22.5 Å². The van der Waals surface area contributed by atoms with Crippen molar-refractivity contribution in [3.63, 3.8) is 0 Å². The van der Waals surface area contributed by atoms with Crippen LogP contribution in [0.5, 0.6) is 0 Å². The molecule has 2 rings (SSSR count). The molecule has 1 aromatic rings. The Balaban J connectivity index is 2.73. The first-order valence-electron chi connectivity index (χ1n) is 4.02. The van der Waals surface area contributed by atoms with E-state index in [9.17, 15) is 4.79 Å². The first-order chi connectivity index (χ1) is 5.81. The van der Waals surface area contributed by atoms with Gasteiger partial charge in [-0.1, -0.05) is 6.08 Å². The minimum atomic E-state index is 0.329. The van der Waals surface area contributed by atoms with E-state index in [1.54, 1.807) is 6.20 Å². The molecule has 1 aliphatic rings. The molecule has 0 saturated carbocycles. The van der Waals surface area contributed by atoms with Gasteiger partial charge in [0.2, 0.25) is 0 Å². The van der Waals surface area contributed by atoms with Gasteiger partial charge < -0.3 is 4.98 Å². The standard InChI is InChI=1S/C9H10N2O/c1-6-2-3-8-7(5-12)4-10-9(8)11-6/h3-6H,2H2,1H3,(H,10,11). The zero-order valence-corrected chi connectivity index (χ0v) is 6.87. The van der Waals surface area contributed by atoms with Gasteiger partial charge in [0.25, 0.3) is 0 Å². The van der Waals surface area contributed by atoms with Gasteiger partial charge in [-0.3, -0.25) is 9.79 Å². The summed E-state index contributed by atoms with van der Waals surface area (Å²) in [6.45, 7) is 2.06. The summed E-state index contributed by atoms with van der Waals surface area (Å²) in [5.41, 5.74) is 1.55. The Hall–Kier alpha value is -1.38. The minimum Gasteiger partial charge on any atom is -0.346 e. The van der Waals surface area contributed by atoms with Crippen LogP contribution < -0.4 is 10.7 Å². The van der Waals surface area contributed by atoms with Crippen LogP contribution in [0.4, 0.5) is 0 Å². The van der Waals surface area contributed by atoms with Gasteiger partial charge in [0.1, 0.15) is 5.49 Å². The number of fused-ring (bicyclic) bond motifs is 1. The summed E-state index contributed by atoms with van der Waals surface area (Å²) in [5.74, 6) is 0. The third kappa shape index (κ3) is 0.978. The van der Waals surface area contributed by atoms with Crippen LogP contribution in [0.15, 0.2) is 11.2 Å². The van der Waals surface area contributed by atoms with Crippen molar-refractivity contribution in [1.29, 1.82) is 0 Å². The number of nitrogens with zero attached hydrogens (tertiary/aromatic N) is 1. The first-order valence-corrected chi connectivity index (χ1v) is 4.02. The Morgan fingerprint density at radius 3 is 3.33 bits per heavy atom. The summed E-state index contributed by atoms with van der Waals surface area (Å²) in [7, 11) is 0. The van der Waals surface area contributed by atoms with E-state index in [1.807, 2.05) is 0 Å². The van der Waals surface area contributed by atoms with Gasteiger partial charge in [0.15, 0.2) is 6.29 Å². The lowest BCUT2D eigenvalue weighted by molar-refractivity contribution is 0.112. The predicted molar refractivity (Wildman–Crippen MR) is 45.5 cm³/mol. The fraction of sp³-hybridized carbons (Fsp3) is 0.333. The van der Waals surface area contributed by atoms with Crippen LogP contribution in [0.3, 0.4) is 0 Å². The van der Waals surface area contributed by atoms with Crippen LogP contribution >= 0.6 is 0 Å². The molecule has 0 saturated heterocycles. The second-order valence-corrected chi connectivity index (χ2v) is 3.04. The van der Waals surface area contributed by atoms with Crippen LogP contribution in [0.2, 0.25) is 0 Å². The molecular weight excluding hydrogens is 152 g/mol. The van der Waals surface area contributed by atoms with Crippen molar-refractivity contribution >= 4 is 12.4 Å². The zero-order chi connectivity index (χ0) is 8.55. The van der Waals surface area contributed by atoms with Crippen molar-refractivity contribution in [2.24, 2.45) is 4.99 Å². The van der Waals surface area contributed by atoms with Gasteiger partial charge in [0.05, 0.1) is 6.04 Å². The normalized spacial score (nSPS) is 20.6. The Kier molecular flexibility index (Phi) is 1.57. The molecule has 3 heteroatoms. The second-order valence-electron chi connectivity index (χ2n) is 3.04. The number of carbonyl (C=O) groups excluding carboxylic acids is 1. The minimum absolute atomic E-state index is 0.329. The lowest BCUT2D eigenvalue weighted by Crippen LogP contribution is -2.30. The van der Waals surface area contributed by atoms with E-state index in [0.717, 1.165) is 23.4 Å². The van der Waals surface area contributed by atoms with Gasteiger partial charge in [-0.05, 0) is 13.3 Å². The molecule has 1 N–H and O–H groups in total. The van der Waals surface area contributed by atoms with E-state index in [2.05, 4.69) is 23.0 Å². The summed E-state index contributed by atoms with van der Waals surface area (Å²) < 4.78 is 0. The van der Waals surface area contributed by atoms with Gasteiger partial charge in [-0.25, -0.2) is 0 Å². The maximum Gasteiger partial charge on any atom is 0.152 e. The van der Waals surface area contributed by atoms with Crippen molar-refractivity contribution in [1.82, 2.24) is 4.98 Å². The molecule has 2 heterocycles. The molecular formula is C9H10N2O. The van der Waals surface area contributed by atoms with Gasteiger partial charge in [-0.15, -0.1) is 0 Å². The molecule has 0 amide bonds. The highest BCUT2D eigenvalue weighted by Crippen LogP contribution is 1.98. The second kappa shape index (κ2) is 2.59. The molecule has 62 valence electrons. The highest BCUT2D eigenvalue weighted by Gasteiger charge is 2.06. The maximum atomic E-state index is 10.5. The summed E-state index contributed by atoms with van der Waals surface area (Å²) in [6, 6.07) is 0.329. The average Bonchev–Trinajstić information content (AvgIpc) is 2.46. The molecule has 1 atom stereocenters. The van der Waals surface area contributed by atoms with Crippen molar-refractivity contribution in [2.75, 3.05) is 0 Å². The van der Waals surface area contributed by atoms with Crippen LogP contribution in [0.25, 0.3) is 6.08 Å². The van der Waals surface area contributed by atoms with Crippen LogP contribution in [-0.2, 0) is 0 Å². The third-order valence-electron chi connectivity index (χ3n) is 2.07. The molecule has 0 bridgehead atoms. The Labute approximate surface area is 69.8 Å². The fourth-order valence-electron chi connectivity index (χ4n) is 1.42. The van der Waals surface area contributed by atoms with Crippen molar-refractivity contribution in [2.45, 2.75) is 19.4 Å². The van der Waals surface area contributed by atoms with Gasteiger partial charge >= 0.3 is 0 Å². The Morgan fingerprint density at radius 1 is 1.75 bits per heavy atom. The molecule has 0 radical (unpaired) electrons. The average molecular weight is 162 g/mol. The molecule has 0 fully saturated rings. The fourth-order valence-corrected chi connectivity index (χ4v) is 1.42. The number of hydrogen-bond acceptors (Lipinski definition) is 2. The number of rotatable bonds is 1. The van der Waals surface area contributed by atoms with E-state index < -0.39 is 0 Å².